The van der Waals surface area contributed by atoms with Crippen LogP contribution in [-0.4, -0.2) is 35.0 Å². The Morgan fingerprint density at radius 1 is 1.06 bits per heavy atom. The Morgan fingerprint density at radius 2 is 1.78 bits per heavy atom. The lowest BCUT2D eigenvalue weighted by molar-refractivity contribution is -0.145. The van der Waals surface area contributed by atoms with Crippen LogP contribution in [0.2, 0.25) is 0 Å². The largest absolute Gasteiger partial charge is 0.481 e. The van der Waals surface area contributed by atoms with Crippen molar-refractivity contribution in [2.75, 3.05) is 13.1 Å². The van der Waals surface area contributed by atoms with Crippen molar-refractivity contribution in [1.82, 2.24) is 4.90 Å². The van der Waals surface area contributed by atoms with Gasteiger partial charge in [-0.05, 0) is 31.6 Å². The van der Waals surface area contributed by atoms with Crippen molar-refractivity contribution in [1.29, 1.82) is 0 Å². The van der Waals surface area contributed by atoms with E-state index in [0.717, 1.165) is 13.0 Å². The summed E-state index contributed by atoms with van der Waals surface area (Å²) in [7, 11) is 0. The lowest BCUT2D eigenvalue weighted by Gasteiger charge is -2.32. The second kappa shape index (κ2) is 6.21. The molecular weight excluding hydrogens is 230 g/mol. The molecule has 0 radical (unpaired) electrons. The normalized spacial score (nSPS) is 26.0. The van der Waals surface area contributed by atoms with Gasteiger partial charge in [-0.3, -0.25) is 9.59 Å². The van der Waals surface area contributed by atoms with Crippen molar-refractivity contribution in [2.45, 2.75) is 51.4 Å². The first-order valence-electron chi connectivity index (χ1n) is 7.17. The summed E-state index contributed by atoms with van der Waals surface area (Å²) in [6.45, 7) is 1.16. The van der Waals surface area contributed by atoms with Crippen LogP contribution in [0.4, 0.5) is 0 Å². The van der Waals surface area contributed by atoms with Gasteiger partial charge in [-0.2, -0.15) is 0 Å². The number of hydrogen-bond donors (Lipinski definition) is 1. The Balaban J connectivity index is 1.82. The molecule has 0 aromatic carbocycles. The molecule has 4 nitrogen and oxygen atoms in total. The van der Waals surface area contributed by atoms with Crippen LogP contribution in [0.15, 0.2) is 0 Å². The highest BCUT2D eigenvalue weighted by Gasteiger charge is 2.29. The molecule has 0 bridgehead atoms. The first kappa shape index (κ1) is 13.4. The van der Waals surface area contributed by atoms with Crippen molar-refractivity contribution >= 4 is 11.9 Å². The number of carboxylic acid groups (broad SMARTS) is 1. The highest BCUT2D eigenvalue weighted by molar-refractivity contribution is 5.78. The summed E-state index contributed by atoms with van der Waals surface area (Å²) in [5, 5.41) is 9.02. The van der Waals surface area contributed by atoms with E-state index in [2.05, 4.69) is 0 Å². The van der Waals surface area contributed by atoms with Crippen LogP contribution in [0.3, 0.4) is 0 Å². The molecule has 1 aliphatic carbocycles. The van der Waals surface area contributed by atoms with Gasteiger partial charge >= 0.3 is 5.97 Å². The molecule has 2 fully saturated rings. The molecule has 1 heterocycles. The van der Waals surface area contributed by atoms with Gasteiger partial charge in [0.2, 0.25) is 5.91 Å². The second-order valence-electron chi connectivity index (χ2n) is 5.73. The number of hydrogen-bond acceptors (Lipinski definition) is 2. The molecule has 2 aliphatic rings. The average molecular weight is 253 g/mol. The van der Waals surface area contributed by atoms with Crippen LogP contribution >= 0.6 is 0 Å². The summed E-state index contributed by atoms with van der Waals surface area (Å²) in [5.41, 5.74) is 0. The number of carboxylic acids is 1. The maximum atomic E-state index is 12.2. The van der Waals surface area contributed by atoms with Gasteiger partial charge in [-0.25, -0.2) is 0 Å². The summed E-state index contributed by atoms with van der Waals surface area (Å²) >= 11 is 0. The summed E-state index contributed by atoms with van der Waals surface area (Å²) in [6, 6.07) is 0. The molecule has 1 saturated carbocycles. The third kappa shape index (κ3) is 3.47. The van der Waals surface area contributed by atoms with Gasteiger partial charge < -0.3 is 10.0 Å². The highest BCUT2D eigenvalue weighted by Crippen LogP contribution is 2.27. The van der Waals surface area contributed by atoms with Gasteiger partial charge in [0, 0.05) is 19.5 Å². The smallest absolute Gasteiger partial charge is 0.308 e. The number of rotatable bonds is 3. The Morgan fingerprint density at radius 3 is 2.44 bits per heavy atom. The molecule has 4 heteroatoms. The zero-order valence-electron chi connectivity index (χ0n) is 10.9. The minimum atomic E-state index is -0.759. The maximum Gasteiger partial charge on any atom is 0.308 e. The lowest BCUT2D eigenvalue weighted by Crippen LogP contribution is -2.42. The third-order valence-electron chi connectivity index (χ3n) is 4.31. The number of carbonyl (C=O) groups is 2. The Bertz CT molecular complexity index is 310. The third-order valence-corrected chi connectivity index (χ3v) is 4.31. The van der Waals surface area contributed by atoms with Gasteiger partial charge in [-0.15, -0.1) is 0 Å². The van der Waals surface area contributed by atoms with Crippen molar-refractivity contribution in [2.24, 2.45) is 11.8 Å². The molecule has 102 valence electrons. The van der Waals surface area contributed by atoms with Crippen LogP contribution in [0.25, 0.3) is 0 Å². The fraction of sp³-hybridized carbons (Fsp3) is 0.857. The van der Waals surface area contributed by atoms with Gasteiger partial charge in [-0.1, -0.05) is 19.3 Å². The van der Waals surface area contributed by atoms with E-state index in [1.807, 2.05) is 0 Å². The van der Waals surface area contributed by atoms with Crippen LogP contribution < -0.4 is 0 Å². The van der Waals surface area contributed by atoms with E-state index in [1.165, 1.54) is 32.1 Å². The zero-order valence-corrected chi connectivity index (χ0v) is 10.9. The molecule has 1 N–H and O–H groups in total. The maximum absolute atomic E-state index is 12.2. The molecule has 1 atom stereocenters. The van der Waals surface area contributed by atoms with Crippen molar-refractivity contribution < 1.29 is 14.7 Å². The zero-order chi connectivity index (χ0) is 13.0. The van der Waals surface area contributed by atoms with Crippen LogP contribution in [0, 0.1) is 11.8 Å². The van der Waals surface area contributed by atoms with Gasteiger partial charge in [0.05, 0.1) is 5.92 Å². The van der Waals surface area contributed by atoms with Crippen LogP contribution in [-0.2, 0) is 9.59 Å². The van der Waals surface area contributed by atoms with E-state index in [0.29, 0.717) is 25.3 Å². The Kier molecular flexibility index (Phi) is 4.61. The fourth-order valence-electron chi connectivity index (χ4n) is 3.17. The van der Waals surface area contributed by atoms with E-state index < -0.39 is 5.97 Å². The Hall–Kier alpha value is -1.06. The quantitative estimate of drug-likeness (QED) is 0.839. The number of aliphatic carboxylic acids is 1. The molecule has 1 unspecified atom stereocenters. The summed E-state index contributed by atoms with van der Waals surface area (Å²) in [4.78, 5) is 24.9. The average Bonchev–Trinajstić information content (AvgIpc) is 2.40. The SMILES string of the molecule is O=C(O)C1CCCN(C(=O)CC2CCCCC2)C1. The lowest BCUT2D eigenvalue weighted by atomic mass is 9.86. The van der Waals surface area contributed by atoms with Crippen molar-refractivity contribution in [3.8, 4) is 0 Å². The predicted octanol–water partition coefficient (Wildman–Crippen LogP) is 2.28. The molecule has 18 heavy (non-hydrogen) atoms. The van der Waals surface area contributed by atoms with Crippen molar-refractivity contribution in [3.63, 3.8) is 0 Å². The van der Waals surface area contributed by atoms with E-state index in [-0.39, 0.29) is 11.8 Å². The molecule has 2 rings (SSSR count). The van der Waals surface area contributed by atoms with Gasteiger partial charge in [0.25, 0.3) is 0 Å². The number of likely N-dealkylation sites (tertiary alicyclic amines) is 1. The standard InChI is InChI=1S/C14H23NO3/c16-13(9-11-5-2-1-3-6-11)15-8-4-7-12(10-15)14(17)18/h11-12H,1-10H2,(H,17,18). The van der Waals surface area contributed by atoms with E-state index >= 15 is 0 Å². The topological polar surface area (TPSA) is 57.6 Å². The molecule has 1 saturated heterocycles. The second-order valence-corrected chi connectivity index (χ2v) is 5.73. The van der Waals surface area contributed by atoms with Crippen LogP contribution in [0.1, 0.15) is 51.4 Å². The summed E-state index contributed by atoms with van der Waals surface area (Å²) in [5.74, 6) is -0.400. The number of amides is 1. The molecular formula is C14H23NO3. The minimum Gasteiger partial charge on any atom is -0.481 e. The number of nitrogens with zero attached hydrogens (tertiary/aromatic N) is 1. The van der Waals surface area contributed by atoms with E-state index in [9.17, 15) is 9.59 Å². The summed E-state index contributed by atoms with van der Waals surface area (Å²) < 4.78 is 0. The van der Waals surface area contributed by atoms with Crippen molar-refractivity contribution in [3.05, 3.63) is 0 Å². The first-order chi connectivity index (χ1) is 8.66. The fourth-order valence-corrected chi connectivity index (χ4v) is 3.17. The van der Waals surface area contributed by atoms with Crippen LogP contribution in [0.5, 0.6) is 0 Å². The summed E-state index contributed by atoms with van der Waals surface area (Å²) in [6.07, 6.45) is 8.30. The molecule has 0 aromatic heterocycles. The number of carbonyl (C=O) groups excluding carboxylic acids is 1. The van der Waals surface area contributed by atoms with E-state index in [4.69, 9.17) is 5.11 Å². The molecule has 0 aromatic rings. The predicted molar refractivity (Wildman–Crippen MR) is 68.1 cm³/mol. The number of piperidine rings is 1. The van der Waals surface area contributed by atoms with Gasteiger partial charge in [0.15, 0.2) is 0 Å². The molecule has 0 spiro atoms. The minimum absolute atomic E-state index is 0.174. The molecule has 1 amide bonds. The first-order valence-corrected chi connectivity index (χ1v) is 7.17. The molecule has 1 aliphatic heterocycles. The van der Waals surface area contributed by atoms with Gasteiger partial charge in [0.1, 0.15) is 0 Å². The Labute approximate surface area is 108 Å². The highest BCUT2D eigenvalue weighted by atomic mass is 16.4. The monoisotopic (exact) mass is 253 g/mol. The van der Waals surface area contributed by atoms with E-state index in [1.54, 1.807) is 4.90 Å².